The molecule has 0 spiro atoms. The van der Waals surface area contributed by atoms with Crippen molar-refractivity contribution < 1.29 is 4.74 Å². The van der Waals surface area contributed by atoms with E-state index in [9.17, 15) is 0 Å². The SMILES string of the molecule is CC1CC(C)CN(CCOc2ccccc2C=NN=C(N)N)C1. The first-order valence-corrected chi connectivity index (χ1v) is 8.10. The quantitative estimate of drug-likeness (QED) is 0.474. The molecule has 0 aliphatic carbocycles. The fourth-order valence-corrected chi connectivity index (χ4v) is 3.14. The molecule has 0 amide bonds. The van der Waals surface area contributed by atoms with Crippen LogP contribution in [0.25, 0.3) is 0 Å². The van der Waals surface area contributed by atoms with Crippen molar-refractivity contribution in [3.63, 3.8) is 0 Å². The van der Waals surface area contributed by atoms with Gasteiger partial charge in [0.05, 0.1) is 6.21 Å². The third kappa shape index (κ3) is 5.90. The normalized spacial score (nSPS) is 22.2. The summed E-state index contributed by atoms with van der Waals surface area (Å²) in [5, 5.41) is 7.45. The maximum absolute atomic E-state index is 5.92. The van der Waals surface area contributed by atoms with Gasteiger partial charge in [0.15, 0.2) is 0 Å². The Morgan fingerprint density at radius 2 is 1.96 bits per heavy atom. The molecule has 0 radical (unpaired) electrons. The van der Waals surface area contributed by atoms with Crippen LogP contribution in [-0.2, 0) is 0 Å². The van der Waals surface area contributed by atoms with Crippen LogP contribution in [0.15, 0.2) is 34.5 Å². The highest BCUT2D eigenvalue weighted by molar-refractivity contribution is 5.84. The number of para-hydroxylation sites is 1. The number of hydrogen-bond acceptors (Lipinski definition) is 4. The number of ether oxygens (including phenoxy) is 1. The third-order valence-corrected chi connectivity index (χ3v) is 3.90. The molecule has 126 valence electrons. The second kappa shape index (κ2) is 8.53. The molecule has 1 aromatic carbocycles. The summed E-state index contributed by atoms with van der Waals surface area (Å²) in [6.07, 6.45) is 2.92. The molecule has 23 heavy (non-hydrogen) atoms. The van der Waals surface area contributed by atoms with E-state index in [-0.39, 0.29) is 5.96 Å². The number of piperidine rings is 1. The number of rotatable bonds is 6. The van der Waals surface area contributed by atoms with Crippen molar-refractivity contribution in [2.24, 2.45) is 33.5 Å². The van der Waals surface area contributed by atoms with Crippen molar-refractivity contribution in [1.82, 2.24) is 4.90 Å². The highest BCUT2D eigenvalue weighted by Gasteiger charge is 2.21. The Balaban J connectivity index is 1.88. The smallest absolute Gasteiger partial charge is 0.211 e. The summed E-state index contributed by atoms with van der Waals surface area (Å²) in [6.45, 7) is 8.54. The predicted molar refractivity (Wildman–Crippen MR) is 94.7 cm³/mol. The minimum atomic E-state index is -0.0620. The molecule has 4 N–H and O–H groups in total. The van der Waals surface area contributed by atoms with Gasteiger partial charge in [-0.25, -0.2) is 0 Å². The zero-order valence-corrected chi connectivity index (χ0v) is 14.0. The van der Waals surface area contributed by atoms with Crippen molar-refractivity contribution in [3.05, 3.63) is 29.8 Å². The van der Waals surface area contributed by atoms with Gasteiger partial charge in [0.25, 0.3) is 0 Å². The number of hydrogen-bond donors (Lipinski definition) is 2. The zero-order chi connectivity index (χ0) is 16.7. The summed E-state index contributed by atoms with van der Waals surface area (Å²) >= 11 is 0. The summed E-state index contributed by atoms with van der Waals surface area (Å²) in [5.41, 5.74) is 11.4. The number of guanidine groups is 1. The van der Waals surface area contributed by atoms with E-state index in [0.29, 0.717) is 6.61 Å². The molecule has 0 aromatic heterocycles. The van der Waals surface area contributed by atoms with Gasteiger partial charge in [0.1, 0.15) is 12.4 Å². The van der Waals surface area contributed by atoms with Crippen molar-refractivity contribution in [1.29, 1.82) is 0 Å². The zero-order valence-electron chi connectivity index (χ0n) is 14.0. The Labute approximate surface area is 138 Å². The molecule has 0 saturated carbocycles. The van der Waals surface area contributed by atoms with E-state index < -0.39 is 0 Å². The van der Waals surface area contributed by atoms with Gasteiger partial charge in [0.2, 0.25) is 5.96 Å². The molecule has 1 aliphatic heterocycles. The minimum absolute atomic E-state index is 0.0620. The first kappa shape index (κ1) is 17.3. The molecule has 1 aromatic rings. The molecule has 2 unspecified atom stereocenters. The summed E-state index contributed by atoms with van der Waals surface area (Å²) in [4.78, 5) is 2.48. The molecular weight excluding hydrogens is 290 g/mol. The summed E-state index contributed by atoms with van der Waals surface area (Å²) in [5.74, 6) is 2.25. The van der Waals surface area contributed by atoms with E-state index >= 15 is 0 Å². The monoisotopic (exact) mass is 317 g/mol. The van der Waals surface area contributed by atoms with Crippen molar-refractivity contribution in [2.75, 3.05) is 26.2 Å². The van der Waals surface area contributed by atoms with Crippen LogP contribution in [0.5, 0.6) is 5.75 Å². The lowest BCUT2D eigenvalue weighted by atomic mass is 9.92. The van der Waals surface area contributed by atoms with Crippen LogP contribution >= 0.6 is 0 Å². The fraction of sp³-hybridized carbons (Fsp3) is 0.529. The van der Waals surface area contributed by atoms with Crippen molar-refractivity contribution in [3.8, 4) is 5.75 Å². The first-order chi connectivity index (χ1) is 11.0. The number of benzene rings is 1. The standard InChI is InChI=1S/C17H27N5O/c1-13-9-14(2)12-22(11-13)7-8-23-16-6-4-3-5-15(16)10-20-21-17(18)19/h3-6,10,13-14H,7-9,11-12H2,1-2H3,(H4,18,19,21). The van der Waals surface area contributed by atoms with Crippen LogP contribution in [0, 0.1) is 11.8 Å². The molecule has 1 aliphatic rings. The average molecular weight is 317 g/mol. The van der Waals surface area contributed by atoms with Gasteiger partial charge in [-0.2, -0.15) is 5.10 Å². The summed E-state index contributed by atoms with van der Waals surface area (Å²) < 4.78 is 5.92. The molecule has 2 rings (SSSR count). The molecule has 0 bridgehead atoms. The largest absolute Gasteiger partial charge is 0.492 e. The molecule has 1 fully saturated rings. The molecular formula is C17H27N5O. The molecule has 2 atom stereocenters. The lowest BCUT2D eigenvalue weighted by molar-refractivity contribution is 0.120. The molecule has 1 saturated heterocycles. The lowest BCUT2D eigenvalue weighted by Gasteiger charge is -2.34. The second-order valence-corrected chi connectivity index (χ2v) is 6.36. The maximum atomic E-state index is 5.92. The van der Waals surface area contributed by atoms with E-state index in [1.165, 1.54) is 6.42 Å². The van der Waals surface area contributed by atoms with Crippen LogP contribution in [0.3, 0.4) is 0 Å². The van der Waals surface area contributed by atoms with Crippen LogP contribution in [0.2, 0.25) is 0 Å². The van der Waals surface area contributed by atoms with E-state index in [1.54, 1.807) is 6.21 Å². The lowest BCUT2D eigenvalue weighted by Crippen LogP contribution is -2.40. The molecule has 6 heteroatoms. The first-order valence-electron chi connectivity index (χ1n) is 8.10. The second-order valence-electron chi connectivity index (χ2n) is 6.36. The number of nitrogens with zero attached hydrogens (tertiary/aromatic N) is 3. The van der Waals surface area contributed by atoms with Gasteiger partial charge in [-0.15, -0.1) is 5.10 Å². The Morgan fingerprint density at radius 1 is 1.26 bits per heavy atom. The van der Waals surface area contributed by atoms with E-state index in [0.717, 1.165) is 42.8 Å². The Bertz CT molecular complexity index is 544. The maximum Gasteiger partial charge on any atom is 0.211 e. The minimum Gasteiger partial charge on any atom is -0.492 e. The van der Waals surface area contributed by atoms with Gasteiger partial charge in [-0.05, 0) is 30.4 Å². The average Bonchev–Trinajstić information content (AvgIpc) is 2.47. The van der Waals surface area contributed by atoms with Crippen molar-refractivity contribution >= 4 is 12.2 Å². The van der Waals surface area contributed by atoms with Gasteiger partial charge in [-0.3, -0.25) is 4.90 Å². The number of likely N-dealkylation sites (tertiary alicyclic amines) is 1. The Kier molecular flexibility index (Phi) is 6.40. The molecule has 6 nitrogen and oxygen atoms in total. The van der Waals surface area contributed by atoms with Gasteiger partial charge < -0.3 is 16.2 Å². The van der Waals surface area contributed by atoms with Gasteiger partial charge >= 0.3 is 0 Å². The third-order valence-electron chi connectivity index (χ3n) is 3.90. The van der Waals surface area contributed by atoms with Crippen LogP contribution in [0.1, 0.15) is 25.8 Å². The highest BCUT2D eigenvalue weighted by atomic mass is 16.5. The highest BCUT2D eigenvalue weighted by Crippen LogP contribution is 2.21. The fourth-order valence-electron chi connectivity index (χ4n) is 3.14. The van der Waals surface area contributed by atoms with E-state index in [1.807, 2.05) is 24.3 Å². The summed E-state index contributed by atoms with van der Waals surface area (Å²) in [6, 6.07) is 7.72. The topological polar surface area (TPSA) is 89.2 Å². The van der Waals surface area contributed by atoms with E-state index in [2.05, 4.69) is 29.0 Å². The summed E-state index contributed by atoms with van der Waals surface area (Å²) in [7, 11) is 0. The predicted octanol–water partition coefficient (Wildman–Crippen LogP) is 1.65. The molecule has 1 heterocycles. The van der Waals surface area contributed by atoms with Gasteiger partial charge in [-0.1, -0.05) is 26.0 Å². The van der Waals surface area contributed by atoms with Crippen LogP contribution < -0.4 is 16.2 Å². The van der Waals surface area contributed by atoms with Crippen LogP contribution in [0.4, 0.5) is 0 Å². The Hall–Kier alpha value is -2.08. The van der Waals surface area contributed by atoms with Crippen molar-refractivity contribution in [2.45, 2.75) is 20.3 Å². The van der Waals surface area contributed by atoms with Gasteiger partial charge in [0, 0.05) is 25.2 Å². The van der Waals surface area contributed by atoms with E-state index in [4.69, 9.17) is 16.2 Å². The van der Waals surface area contributed by atoms with Crippen LogP contribution in [-0.4, -0.2) is 43.3 Å². The number of nitrogens with two attached hydrogens (primary N) is 2. The Morgan fingerprint density at radius 3 is 2.65 bits per heavy atom.